The number of carbonyl (C=O) groups excluding carboxylic acids is 2. The number of nitrogens with zero attached hydrogens (tertiary/aromatic N) is 3. The van der Waals surface area contributed by atoms with Crippen molar-refractivity contribution in [2.24, 2.45) is 7.05 Å². The monoisotopic (exact) mass is 412 g/mol. The molecule has 1 aromatic carbocycles. The van der Waals surface area contributed by atoms with E-state index in [9.17, 15) is 9.59 Å². The van der Waals surface area contributed by atoms with Gasteiger partial charge in [0.05, 0.1) is 13.2 Å². The Morgan fingerprint density at radius 3 is 2.50 bits per heavy atom. The van der Waals surface area contributed by atoms with E-state index in [1.165, 1.54) is 10.5 Å². The quantitative estimate of drug-likeness (QED) is 0.651. The molecule has 1 fully saturated rings. The Morgan fingerprint density at radius 2 is 1.93 bits per heavy atom. The smallest absolute Gasteiger partial charge is 0.322 e. The van der Waals surface area contributed by atoms with Gasteiger partial charge in [-0.2, -0.15) is 0 Å². The number of aryl methyl sites for hydroxylation is 2. The third-order valence-electron chi connectivity index (χ3n) is 5.48. The highest BCUT2D eigenvalue weighted by Gasteiger charge is 2.34. The van der Waals surface area contributed by atoms with Crippen LogP contribution in [0.15, 0.2) is 42.6 Å². The number of methoxy groups -OCH3 is 1. The number of nitrogens with one attached hydrogen (secondary N) is 1. The van der Waals surface area contributed by atoms with Gasteiger partial charge in [0, 0.05) is 44.3 Å². The van der Waals surface area contributed by atoms with Gasteiger partial charge in [0.2, 0.25) is 5.91 Å². The predicted octanol–water partition coefficient (Wildman–Crippen LogP) is 3.26. The van der Waals surface area contributed by atoms with Gasteiger partial charge in [0.1, 0.15) is 6.54 Å². The normalized spacial score (nSPS) is 13.2. The second kappa shape index (κ2) is 10.3. The Labute approximate surface area is 178 Å². The van der Waals surface area contributed by atoms with E-state index >= 15 is 0 Å². The van der Waals surface area contributed by atoms with Crippen molar-refractivity contribution >= 4 is 17.6 Å². The first-order valence-corrected chi connectivity index (χ1v) is 10.5. The van der Waals surface area contributed by atoms with E-state index in [1.54, 1.807) is 7.11 Å². The number of benzene rings is 1. The largest absolute Gasteiger partial charge is 0.383 e. The molecule has 7 nitrogen and oxygen atoms in total. The zero-order valence-corrected chi connectivity index (χ0v) is 18.1. The number of ether oxygens (including phenoxy) is 1. The van der Waals surface area contributed by atoms with Crippen LogP contribution in [0.5, 0.6) is 0 Å². The van der Waals surface area contributed by atoms with Gasteiger partial charge in [-0.1, -0.05) is 19.1 Å². The Kier molecular flexibility index (Phi) is 7.52. The van der Waals surface area contributed by atoms with Crippen molar-refractivity contribution in [3.05, 3.63) is 53.9 Å². The van der Waals surface area contributed by atoms with Gasteiger partial charge in [0.15, 0.2) is 0 Å². The second-order valence-electron chi connectivity index (χ2n) is 7.76. The molecule has 1 heterocycles. The summed E-state index contributed by atoms with van der Waals surface area (Å²) >= 11 is 0. The summed E-state index contributed by atoms with van der Waals surface area (Å²) < 4.78 is 7.18. The number of hydrogen-bond acceptors (Lipinski definition) is 3. The Balaban J connectivity index is 1.66. The van der Waals surface area contributed by atoms with Crippen LogP contribution in [0, 0.1) is 0 Å². The Bertz CT molecular complexity index is 842. The van der Waals surface area contributed by atoms with Crippen molar-refractivity contribution in [2.45, 2.75) is 38.8 Å². The first kappa shape index (κ1) is 21.9. The molecule has 0 atom stereocenters. The maximum atomic E-state index is 13.1. The summed E-state index contributed by atoms with van der Waals surface area (Å²) in [5.41, 5.74) is 3.01. The molecular formula is C23H32N4O3. The molecule has 1 N–H and O–H groups in total. The van der Waals surface area contributed by atoms with E-state index in [0.717, 1.165) is 30.6 Å². The second-order valence-corrected chi connectivity index (χ2v) is 7.76. The number of aromatic nitrogens is 1. The number of anilines is 1. The van der Waals surface area contributed by atoms with Gasteiger partial charge in [-0.3, -0.25) is 4.79 Å². The van der Waals surface area contributed by atoms with Gasteiger partial charge in [0.25, 0.3) is 0 Å². The highest BCUT2D eigenvalue weighted by atomic mass is 16.5. The SMILES string of the molecule is CCc1ccc(NC(=O)N(CCOC)CC(=O)N(Cc2cccn2C)C2CC2)cc1. The molecule has 1 saturated carbocycles. The van der Waals surface area contributed by atoms with E-state index in [4.69, 9.17) is 4.74 Å². The van der Waals surface area contributed by atoms with Crippen molar-refractivity contribution in [1.82, 2.24) is 14.4 Å². The van der Waals surface area contributed by atoms with Crippen LogP contribution in [0.3, 0.4) is 0 Å². The molecule has 0 unspecified atom stereocenters. The van der Waals surface area contributed by atoms with Crippen LogP contribution in [-0.2, 0) is 29.5 Å². The molecule has 30 heavy (non-hydrogen) atoms. The zero-order valence-electron chi connectivity index (χ0n) is 18.1. The number of carbonyl (C=O) groups is 2. The van der Waals surface area contributed by atoms with E-state index < -0.39 is 0 Å². The average molecular weight is 413 g/mol. The fourth-order valence-corrected chi connectivity index (χ4v) is 3.38. The minimum Gasteiger partial charge on any atom is -0.383 e. The summed E-state index contributed by atoms with van der Waals surface area (Å²) in [6, 6.07) is 11.7. The lowest BCUT2D eigenvalue weighted by atomic mass is 10.1. The van der Waals surface area contributed by atoms with E-state index in [-0.39, 0.29) is 24.5 Å². The fraction of sp³-hybridized carbons (Fsp3) is 0.478. The minimum absolute atomic E-state index is 0.0309. The number of urea groups is 1. The van der Waals surface area contributed by atoms with Crippen LogP contribution < -0.4 is 5.32 Å². The molecule has 0 bridgehead atoms. The van der Waals surface area contributed by atoms with Crippen LogP contribution in [0.25, 0.3) is 0 Å². The van der Waals surface area contributed by atoms with Gasteiger partial charge >= 0.3 is 6.03 Å². The molecule has 0 spiro atoms. The highest BCUT2D eigenvalue weighted by molar-refractivity contribution is 5.92. The summed E-state index contributed by atoms with van der Waals surface area (Å²) in [6.07, 6.45) is 4.96. The van der Waals surface area contributed by atoms with Crippen molar-refractivity contribution < 1.29 is 14.3 Å². The lowest BCUT2D eigenvalue weighted by Crippen LogP contribution is -2.46. The zero-order chi connectivity index (χ0) is 21.5. The molecule has 2 aromatic rings. The van der Waals surface area contributed by atoms with Crippen LogP contribution in [0.4, 0.5) is 10.5 Å². The molecule has 3 amide bonds. The molecule has 162 valence electrons. The van der Waals surface area contributed by atoms with E-state index in [0.29, 0.717) is 19.7 Å². The minimum atomic E-state index is -0.292. The van der Waals surface area contributed by atoms with Crippen LogP contribution >= 0.6 is 0 Å². The lowest BCUT2D eigenvalue weighted by Gasteiger charge is -2.28. The first-order valence-electron chi connectivity index (χ1n) is 10.5. The van der Waals surface area contributed by atoms with E-state index in [1.807, 2.05) is 59.1 Å². The molecule has 1 aliphatic carbocycles. The molecule has 0 radical (unpaired) electrons. The molecule has 0 saturated heterocycles. The van der Waals surface area contributed by atoms with Crippen LogP contribution in [-0.4, -0.2) is 59.2 Å². The third kappa shape index (κ3) is 5.86. The molecule has 7 heteroatoms. The van der Waals surface area contributed by atoms with E-state index in [2.05, 4.69) is 12.2 Å². The summed E-state index contributed by atoms with van der Waals surface area (Å²) in [6.45, 7) is 3.40. The molecule has 1 aliphatic rings. The first-order chi connectivity index (χ1) is 14.5. The standard InChI is InChI=1S/C23H32N4O3/c1-4-18-7-9-19(10-8-18)24-23(29)26(14-15-30-3)17-22(28)27(20-11-12-20)16-21-6-5-13-25(21)2/h5-10,13,20H,4,11-12,14-17H2,1-3H3,(H,24,29). The maximum absolute atomic E-state index is 13.1. The maximum Gasteiger partial charge on any atom is 0.322 e. The number of rotatable bonds is 10. The van der Waals surface area contributed by atoms with Crippen molar-refractivity contribution in [3.63, 3.8) is 0 Å². The van der Waals surface area contributed by atoms with Gasteiger partial charge in [-0.25, -0.2) is 4.79 Å². The van der Waals surface area contributed by atoms with Crippen LogP contribution in [0.1, 0.15) is 31.0 Å². The van der Waals surface area contributed by atoms with Crippen molar-refractivity contribution in [3.8, 4) is 0 Å². The van der Waals surface area contributed by atoms with Gasteiger partial charge in [-0.05, 0) is 49.1 Å². The Hall–Kier alpha value is -2.80. The molecule has 3 rings (SSSR count). The van der Waals surface area contributed by atoms with Gasteiger partial charge in [-0.15, -0.1) is 0 Å². The summed E-state index contributed by atoms with van der Waals surface area (Å²) in [5, 5.41) is 2.90. The number of hydrogen-bond donors (Lipinski definition) is 1. The molecule has 0 aliphatic heterocycles. The van der Waals surface area contributed by atoms with Gasteiger partial charge < -0.3 is 24.4 Å². The van der Waals surface area contributed by atoms with Crippen LogP contribution in [0.2, 0.25) is 0 Å². The fourth-order valence-electron chi connectivity index (χ4n) is 3.38. The van der Waals surface area contributed by atoms with Crippen molar-refractivity contribution in [1.29, 1.82) is 0 Å². The predicted molar refractivity (Wildman–Crippen MR) is 117 cm³/mol. The average Bonchev–Trinajstić information content (AvgIpc) is 3.51. The van der Waals surface area contributed by atoms with Crippen molar-refractivity contribution in [2.75, 3.05) is 32.1 Å². The molecule has 1 aromatic heterocycles. The third-order valence-corrected chi connectivity index (χ3v) is 5.48. The number of amides is 3. The summed E-state index contributed by atoms with van der Waals surface area (Å²) in [5.74, 6) is -0.0358. The topological polar surface area (TPSA) is 66.8 Å². The highest BCUT2D eigenvalue weighted by Crippen LogP contribution is 2.28. The Morgan fingerprint density at radius 1 is 1.20 bits per heavy atom. The lowest BCUT2D eigenvalue weighted by molar-refractivity contribution is -0.133. The summed E-state index contributed by atoms with van der Waals surface area (Å²) in [4.78, 5) is 29.4. The summed E-state index contributed by atoms with van der Waals surface area (Å²) in [7, 11) is 3.57. The molecular weight excluding hydrogens is 380 g/mol.